The average molecular weight is 465 g/mol. The van der Waals surface area contributed by atoms with Gasteiger partial charge in [0.25, 0.3) is 0 Å². The van der Waals surface area contributed by atoms with Gasteiger partial charge in [-0.25, -0.2) is 14.8 Å². The first kappa shape index (κ1) is 22.6. The number of aromatic amines is 1. The van der Waals surface area contributed by atoms with E-state index in [1.807, 2.05) is 18.2 Å². The zero-order chi connectivity index (χ0) is 23.9. The standard InChI is InChI=1S/C27H28N8/c1-2-3-5-12-25-29-24(18-20-9-6-4-7-10-20)32-35(25)19-21-13-15-22(16-14-21)23-11-8-17-28-26(23)27-30-33-34-31-27/h4,6-11,13-17H,2-3,5,12,18-19H2,1H3,(H,30,31,33,34). The van der Waals surface area contributed by atoms with Crippen LogP contribution in [-0.4, -0.2) is 40.4 Å². The van der Waals surface area contributed by atoms with E-state index in [2.05, 4.69) is 85.7 Å². The Balaban J connectivity index is 1.37. The summed E-state index contributed by atoms with van der Waals surface area (Å²) in [7, 11) is 0. The van der Waals surface area contributed by atoms with E-state index in [1.165, 1.54) is 24.0 Å². The van der Waals surface area contributed by atoms with Crippen LogP contribution in [0.4, 0.5) is 0 Å². The SMILES string of the molecule is CCCCCc1nc(Cc2ccccc2)nn1Cc1ccc(-c2cccnc2-c2nnn[nH]2)cc1. The molecule has 8 heteroatoms. The minimum absolute atomic E-state index is 0.551. The molecule has 0 amide bonds. The van der Waals surface area contributed by atoms with Gasteiger partial charge in [0.2, 0.25) is 0 Å². The summed E-state index contributed by atoms with van der Waals surface area (Å²) in [6.07, 6.45) is 6.94. The fraction of sp³-hybridized carbons (Fsp3) is 0.259. The van der Waals surface area contributed by atoms with Crippen LogP contribution in [0.3, 0.4) is 0 Å². The van der Waals surface area contributed by atoms with Gasteiger partial charge >= 0.3 is 0 Å². The summed E-state index contributed by atoms with van der Waals surface area (Å²) in [6, 6.07) is 22.8. The van der Waals surface area contributed by atoms with Crippen LogP contribution in [-0.2, 0) is 19.4 Å². The number of nitrogens with zero attached hydrogens (tertiary/aromatic N) is 7. The minimum atomic E-state index is 0.551. The van der Waals surface area contributed by atoms with Gasteiger partial charge in [0.05, 0.1) is 6.54 Å². The number of benzene rings is 2. The van der Waals surface area contributed by atoms with E-state index in [1.54, 1.807) is 6.20 Å². The van der Waals surface area contributed by atoms with E-state index in [0.717, 1.165) is 47.7 Å². The van der Waals surface area contributed by atoms with Crippen molar-refractivity contribution in [3.8, 4) is 22.6 Å². The summed E-state index contributed by atoms with van der Waals surface area (Å²) in [4.78, 5) is 9.38. The van der Waals surface area contributed by atoms with Crippen LogP contribution in [0.5, 0.6) is 0 Å². The fourth-order valence-corrected chi connectivity index (χ4v) is 4.17. The molecule has 1 N–H and O–H groups in total. The predicted molar refractivity (Wildman–Crippen MR) is 134 cm³/mol. The summed E-state index contributed by atoms with van der Waals surface area (Å²) in [5.41, 5.74) is 5.16. The van der Waals surface area contributed by atoms with Crippen molar-refractivity contribution in [2.45, 2.75) is 45.6 Å². The molecule has 0 saturated carbocycles. The Bertz CT molecular complexity index is 1340. The molecule has 0 aliphatic heterocycles. The van der Waals surface area contributed by atoms with E-state index in [0.29, 0.717) is 12.4 Å². The van der Waals surface area contributed by atoms with E-state index < -0.39 is 0 Å². The Kier molecular flexibility index (Phi) is 6.98. The number of hydrogen-bond acceptors (Lipinski definition) is 6. The summed E-state index contributed by atoms with van der Waals surface area (Å²) in [5, 5.41) is 19.1. The van der Waals surface area contributed by atoms with Gasteiger partial charge in [0.1, 0.15) is 11.5 Å². The van der Waals surface area contributed by atoms with Crippen molar-refractivity contribution in [2.75, 3.05) is 0 Å². The monoisotopic (exact) mass is 464 g/mol. The van der Waals surface area contributed by atoms with Crippen LogP contribution in [0, 0.1) is 0 Å². The molecule has 176 valence electrons. The highest BCUT2D eigenvalue weighted by Crippen LogP contribution is 2.28. The van der Waals surface area contributed by atoms with Gasteiger partial charge in [-0.3, -0.25) is 4.98 Å². The van der Waals surface area contributed by atoms with Crippen molar-refractivity contribution in [1.82, 2.24) is 40.4 Å². The van der Waals surface area contributed by atoms with Gasteiger partial charge < -0.3 is 0 Å². The largest absolute Gasteiger partial charge is 0.252 e. The summed E-state index contributed by atoms with van der Waals surface area (Å²) < 4.78 is 2.07. The van der Waals surface area contributed by atoms with Crippen molar-refractivity contribution < 1.29 is 0 Å². The molecule has 0 aliphatic carbocycles. The summed E-state index contributed by atoms with van der Waals surface area (Å²) >= 11 is 0. The molecule has 0 atom stereocenters. The minimum Gasteiger partial charge on any atom is -0.252 e. The van der Waals surface area contributed by atoms with Gasteiger partial charge in [-0.2, -0.15) is 5.10 Å². The lowest BCUT2D eigenvalue weighted by molar-refractivity contribution is 0.605. The number of pyridine rings is 1. The maximum Gasteiger partial charge on any atom is 0.198 e. The normalized spacial score (nSPS) is 11.1. The first-order valence-corrected chi connectivity index (χ1v) is 12.0. The topological polar surface area (TPSA) is 98.1 Å². The maximum absolute atomic E-state index is 4.90. The quantitative estimate of drug-likeness (QED) is 0.296. The van der Waals surface area contributed by atoms with Crippen LogP contribution in [0.1, 0.15) is 49.0 Å². The average Bonchev–Trinajstić information content (AvgIpc) is 3.56. The van der Waals surface area contributed by atoms with Crippen LogP contribution < -0.4 is 0 Å². The van der Waals surface area contributed by atoms with Crippen molar-refractivity contribution in [3.63, 3.8) is 0 Å². The van der Waals surface area contributed by atoms with E-state index in [9.17, 15) is 0 Å². The molecule has 0 radical (unpaired) electrons. The molecule has 5 aromatic rings. The molecule has 0 bridgehead atoms. The Hall–Kier alpha value is -4.20. The third-order valence-electron chi connectivity index (χ3n) is 5.98. The second-order valence-electron chi connectivity index (χ2n) is 8.57. The number of aromatic nitrogens is 8. The molecule has 5 rings (SSSR count). The Morgan fingerprint density at radius 2 is 1.74 bits per heavy atom. The lowest BCUT2D eigenvalue weighted by Gasteiger charge is -2.09. The molecule has 8 nitrogen and oxygen atoms in total. The maximum atomic E-state index is 4.90. The van der Waals surface area contributed by atoms with Gasteiger partial charge in [0.15, 0.2) is 11.6 Å². The lowest BCUT2D eigenvalue weighted by atomic mass is 10.0. The molecule has 3 heterocycles. The molecule has 2 aromatic carbocycles. The van der Waals surface area contributed by atoms with Gasteiger partial charge in [-0.1, -0.05) is 80.4 Å². The van der Waals surface area contributed by atoms with Crippen LogP contribution in [0.15, 0.2) is 72.9 Å². The Morgan fingerprint density at radius 1 is 0.886 bits per heavy atom. The third kappa shape index (κ3) is 5.48. The number of unbranched alkanes of at least 4 members (excludes halogenated alkanes) is 2. The van der Waals surface area contributed by atoms with Crippen molar-refractivity contribution in [3.05, 3.63) is 95.7 Å². The molecule has 35 heavy (non-hydrogen) atoms. The van der Waals surface area contributed by atoms with Gasteiger partial charge in [0, 0.05) is 24.6 Å². The molecule has 0 saturated heterocycles. The van der Waals surface area contributed by atoms with E-state index in [-0.39, 0.29) is 0 Å². The number of aryl methyl sites for hydroxylation is 1. The molecule has 0 spiro atoms. The zero-order valence-corrected chi connectivity index (χ0v) is 19.8. The third-order valence-corrected chi connectivity index (χ3v) is 5.98. The number of rotatable bonds is 10. The molecular weight excluding hydrogens is 436 g/mol. The van der Waals surface area contributed by atoms with Gasteiger partial charge in [-0.05, 0) is 39.6 Å². The highest BCUT2D eigenvalue weighted by atomic mass is 15.5. The van der Waals surface area contributed by atoms with Crippen molar-refractivity contribution in [2.24, 2.45) is 0 Å². The highest BCUT2D eigenvalue weighted by molar-refractivity contribution is 5.77. The molecule has 0 fully saturated rings. The zero-order valence-electron chi connectivity index (χ0n) is 19.8. The predicted octanol–water partition coefficient (Wildman–Crippen LogP) is 4.89. The number of tetrazole rings is 1. The molecular formula is C27H28N8. The lowest BCUT2D eigenvalue weighted by Crippen LogP contribution is -2.07. The second-order valence-corrected chi connectivity index (χ2v) is 8.57. The highest BCUT2D eigenvalue weighted by Gasteiger charge is 2.13. The Labute approximate surface area is 204 Å². The summed E-state index contributed by atoms with van der Waals surface area (Å²) in [6.45, 7) is 2.91. The van der Waals surface area contributed by atoms with Crippen LogP contribution in [0.2, 0.25) is 0 Å². The molecule has 0 unspecified atom stereocenters. The smallest absolute Gasteiger partial charge is 0.198 e. The second kappa shape index (κ2) is 10.8. The number of hydrogen-bond donors (Lipinski definition) is 1. The number of H-pyrrole nitrogens is 1. The molecule has 3 aromatic heterocycles. The van der Waals surface area contributed by atoms with Crippen molar-refractivity contribution in [1.29, 1.82) is 0 Å². The number of nitrogens with one attached hydrogen (secondary N) is 1. The van der Waals surface area contributed by atoms with E-state index >= 15 is 0 Å². The van der Waals surface area contributed by atoms with E-state index in [4.69, 9.17) is 10.1 Å². The van der Waals surface area contributed by atoms with Crippen LogP contribution >= 0.6 is 0 Å². The first-order chi connectivity index (χ1) is 17.3. The van der Waals surface area contributed by atoms with Gasteiger partial charge in [-0.15, -0.1) is 5.10 Å². The van der Waals surface area contributed by atoms with Crippen LogP contribution in [0.25, 0.3) is 22.6 Å². The fourth-order valence-electron chi connectivity index (χ4n) is 4.17. The Morgan fingerprint density at radius 3 is 2.51 bits per heavy atom. The summed E-state index contributed by atoms with van der Waals surface area (Å²) in [5.74, 6) is 2.48. The molecule has 0 aliphatic rings. The first-order valence-electron chi connectivity index (χ1n) is 12.0. The van der Waals surface area contributed by atoms with Crippen molar-refractivity contribution >= 4 is 0 Å².